The van der Waals surface area contributed by atoms with Crippen molar-refractivity contribution >= 4 is 11.9 Å². The molecule has 1 heterocycles. The van der Waals surface area contributed by atoms with Crippen molar-refractivity contribution in [2.45, 2.75) is 26.2 Å². The molecule has 6 nitrogen and oxygen atoms in total. The van der Waals surface area contributed by atoms with Crippen LogP contribution in [0, 0.1) is 16.7 Å². The quantitative estimate of drug-likeness (QED) is 0.686. The molecule has 1 saturated heterocycles. The molecule has 0 aromatic rings. The molecule has 106 valence electrons. The van der Waals surface area contributed by atoms with E-state index in [1.807, 2.05) is 0 Å². The molecule has 0 aromatic carbocycles. The maximum absolute atomic E-state index is 12.3. The number of carbonyl (C=O) groups excluding carboxylic acids is 2. The Bertz CT molecular complexity index is 369. The number of hydrogen-bond donors (Lipinski definition) is 0. The lowest BCUT2D eigenvalue weighted by Crippen LogP contribution is -2.45. The first-order valence-electron chi connectivity index (χ1n) is 6.46. The topological polar surface area (TPSA) is 79.6 Å². The minimum atomic E-state index is -0.998. The smallest absolute Gasteiger partial charge is 0.307 e. The standard InChI is InChI=1S/C13H20N2O4/c1-3-19-11(16)4-7-15(2)12(17)13(10-14)5-8-18-9-6-13/h3-9H2,1-2H3. The van der Waals surface area contributed by atoms with E-state index in [1.165, 1.54) is 4.90 Å². The second kappa shape index (κ2) is 7.10. The summed E-state index contributed by atoms with van der Waals surface area (Å²) in [4.78, 5) is 25.0. The molecular weight excluding hydrogens is 248 g/mol. The molecule has 0 atom stereocenters. The zero-order chi connectivity index (χ0) is 14.3. The minimum Gasteiger partial charge on any atom is -0.466 e. The summed E-state index contributed by atoms with van der Waals surface area (Å²) in [5.74, 6) is -0.567. The van der Waals surface area contributed by atoms with Gasteiger partial charge in [0.15, 0.2) is 0 Å². The normalized spacial score (nSPS) is 17.3. The van der Waals surface area contributed by atoms with E-state index >= 15 is 0 Å². The van der Waals surface area contributed by atoms with Crippen LogP contribution in [-0.4, -0.2) is 50.2 Å². The number of amides is 1. The summed E-state index contributed by atoms with van der Waals surface area (Å²) >= 11 is 0. The van der Waals surface area contributed by atoms with Crippen LogP contribution in [0.5, 0.6) is 0 Å². The van der Waals surface area contributed by atoms with Gasteiger partial charge in [-0.15, -0.1) is 0 Å². The monoisotopic (exact) mass is 268 g/mol. The molecule has 1 aliphatic heterocycles. The lowest BCUT2D eigenvalue weighted by atomic mass is 9.80. The van der Waals surface area contributed by atoms with Crippen LogP contribution >= 0.6 is 0 Å². The Morgan fingerprint density at radius 3 is 2.58 bits per heavy atom. The van der Waals surface area contributed by atoms with Gasteiger partial charge in [0.25, 0.3) is 0 Å². The van der Waals surface area contributed by atoms with Crippen LogP contribution in [0.15, 0.2) is 0 Å². The zero-order valence-corrected chi connectivity index (χ0v) is 11.5. The van der Waals surface area contributed by atoms with Gasteiger partial charge >= 0.3 is 5.97 Å². The van der Waals surface area contributed by atoms with E-state index in [-0.39, 0.29) is 24.8 Å². The molecular formula is C13H20N2O4. The third-order valence-corrected chi connectivity index (χ3v) is 3.27. The van der Waals surface area contributed by atoms with Crippen molar-refractivity contribution in [1.29, 1.82) is 5.26 Å². The summed E-state index contributed by atoms with van der Waals surface area (Å²) in [5, 5.41) is 9.28. The molecule has 0 aliphatic carbocycles. The van der Waals surface area contributed by atoms with Gasteiger partial charge in [-0.25, -0.2) is 0 Å². The molecule has 6 heteroatoms. The summed E-state index contributed by atoms with van der Waals surface area (Å²) < 4.78 is 10.00. The second-order valence-corrected chi connectivity index (χ2v) is 4.59. The van der Waals surface area contributed by atoms with Gasteiger partial charge in [0.1, 0.15) is 5.41 Å². The summed E-state index contributed by atoms with van der Waals surface area (Å²) in [6.45, 7) is 3.17. The van der Waals surface area contributed by atoms with Gasteiger partial charge in [0.2, 0.25) is 5.91 Å². The van der Waals surface area contributed by atoms with Gasteiger partial charge in [0.05, 0.1) is 19.1 Å². The summed E-state index contributed by atoms with van der Waals surface area (Å²) in [5.41, 5.74) is -0.998. The predicted molar refractivity (Wildman–Crippen MR) is 67.0 cm³/mol. The molecule has 1 amide bonds. The Morgan fingerprint density at radius 2 is 2.05 bits per heavy atom. The highest BCUT2D eigenvalue weighted by Gasteiger charge is 2.42. The van der Waals surface area contributed by atoms with Crippen molar-refractivity contribution in [2.24, 2.45) is 5.41 Å². The first-order chi connectivity index (χ1) is 9.05. The lowest BCUT2D eigenvalue weighted by molar-refractivity contribution is -0.146. The molecule has 1 fully saturated rings. The van der Waals surface area contributed by atoms with Crippen molar-refractivity contribution in [1.82, 2.24) is 4.90 Å². The minimum absolute atomic E-state index is 0.147. The van der Waals surface area contributed by atoms with Crippen LogP contribution in [-0.2, 0) is 19.1 Å². The number of esters is 1. The van der Waals surface area contributed by atoms with Crippen molar-refractivity contribution in [3.63, 3.8) is 0 Å². The summed E-state index contributed by atoms with van der Waals surface area (Å²) in [6.07, 6.45) is 0.965. The van der Waals surface area contributed by atoms with E-state index in [1.54, 1.807) is 14.0 Å². The van der Waals surface area contributed by atoms with E-state index in [2.05, 4.69) is 6.07 Å². The lowest BCUT2D eigenvalue weighted by Gasteiger charge is -2.32. The fourth-order valence-electron chi connectivity index (χ4n) is 2.05. The second-order valence-electron chi connectivity index (χ2n) is 4.59. The fraction of sp³-hybridized carbons (Fsp3) is 0.769. The van der Waals surface area contributed by atoms with E-state index < -0.39 is 5.41 Å². The van der Waals surface area contributed by atoms with Crippen LogP contribution < -0.4 is 0 Å². The van der Waals surface area contributed by atoms with Gasteiger partial charge in [-0.1, -0.05) is 0 Å². The highest BCUT2D eigenvalue weighted by Crippen LogP contribution is 2.31. The molecule has 1 rings (SSSR count). The van der Waals surface area contributed by atoms with Gasteiger partial charge in [-0.05, 0) is 19.8 Å². The third-order valence-electron chi connectivity index (χ3n) is 3.27. The van der Waals surface area contributed by atoms with Gasteiger partial charge in [-0.2, -0.15) is 5.26 Å². The highest BCUT2D eigenvalue weighted by molar-refractivity contribution is 5.85. The van der Waals surface area contributed by atoms with Gasteiger partial charge < -0.3 is 14.4 Å². The molecule has 1 aliphatic rings. The molecule has 19 heavy (non-hydrogen) atoms. The number of nitriles is 1. The molecule has 0 unspecified atom stereocenters. The number of ether oxygens (including phenoxy) is 2. The molecule has 0 aromatic heterocycles. The van der Waals surface area contributed by atoms with Crippen LogP contribution in [0.1, 0.15) is 26.2 Å². The van der Waals surface area contributed by atoms with Crippen molar-refractivity contribution in [3.05, 3.63) is 0 Å². The zero-order valence-electron chi connectivity index (χ0n) is 11.5. The first kappa shape index (κ1) is 15.4. The van der Waals surface area contributed by atoms with E-state index in [4.69, 9.17) is 9.47 Å². The van der Waals surface area contributed by atoms with Crippen LogP contribution in [0.25, 0.3) is 0 Å². The molecule has 0 bridgehead atoms. The maximum Gasteiger partial charge on any atom is 0.307 e. The predicted octanol–water partition coefficient (Wildman–Crippen LogP) is 0.718. The van der Waals surface area contributed by atoms with E-state index in [0.717, 1.165) is 0 Å². The van der Waals surface area contributed by atoms with E-state index in [9.17, 15) is 14.9 Å². The van der Waals surface area contributed by atoms with Crippen LogP contribution in [0.4, 0.5) is 0 Å². The van der Waals surface area contributed by atoms with E-state index in [0.29, 0.717) is 32.7 Å². The van der Waals surface area contributed by atoms with Crippen LogP contribution in [0.2, 0.25) is 0 Å². The fourth-order valence-corrected chi connectivity index (χ4v) is 2.05. The first-order valence-corrected chi connectivity index (χ1v) is 6.46. The summed E-state index contributed by atoms with van der Waals surface area (Å²) in [6, 6.07) is 2.12. The Morgan fingerprint density at radius 1 is 1.42 bits per heavy atom. The number of hydrogen-bond acceptors (Lipinski definition) is 5. The molecule has 0 spiro atoms. The Labute approximate surface area is 113 Å². The number of carbonyl (C=O) groups is 2. The largest absolute Gasteiger partial charge is 0.466 e. The Kier molecular flexibility index (Phi) is 5.77. The van der Waals surface area contributed by atoms with Gasteiger partial charge in [-0.3, -0.25) is 9.59 Å². The SMILES string of the molecule is CCOC(=O)CCN(C)C(=O)C1(C#N)CCOCC1. The van der Waals surface area contributed by atoms with Crippen molar-refractivity contribution in [2.75, 3.05) is 33.4 Å². The Hall–Kier alpha value is -1.61. The number of rotatable bonds is 5. The third kappa shape index (κ3) is 3.93. The maximum atomic E-state index is 12.3. The molecule has 0 N–H and O–H groups in total. The average Bonchev–Trinajstić information content (AvgIpc) is 2.45. The summed E-state index contributed by atoms with van der Waals surface area (Å²) in [7, 11) is 1.61. The van der Waals surface area contributed by atoms with Crippen molar-refractivity contribution < 1.29 is 19.1 Å². The number of nitrogens with zero attached hydrogens (tertiary/aromatic N) is 2. The molecule has 0 radical (unpaired) electrons. The van der Waals surface area contributed by atoms with Gasteiger partial charge in [0, 0.05) is 26.8 Å². The average molecular weight is 268 g/mol. The Balaban J connectivity index is 2.55. The highest BCUT2D eigenvalue weighted by atomic mass is 16.5. The van der Waals surface area contributed by atoms with Crippen LogP contribution in [0.3, 0.4) is 0 Å². The van der Waals surface area contributed by atoms with Crippen molar-refractivity contribution in [3.8, 4) is 6.07 Å². The molecule has 0 saturated carbocycles.